The molecule has 2 saturated heterocycles. The van der Waals surface area contributed by atoms with E-state index in [1.54, 1.807) is 0 Å². The van der Waals surface area contributed by atoms with Crippen molar-refractivity contribution < 1.29 is 65.4 Å². The molecule has 0 aliphatic carbocycles. The van der Waals surface area contributed by atoms with Crippen molar-refractivity contribution in [1.82, 2.24) is 10.6 Å². The predicted octanol–water partition coefficient (Wildman–Crippen LogP) is 3.83. The van der Waals surface area contributed by atoms with Gasteiger partial charge in [0.1, 0.15) is 0 Å². The Labute approximate surface area is 179 Å². The maximum atomic E-state index is 3.88. The molecule has 0 aromatic heterocycles. The van der Waals surface area contributed by atoms with E-state index in [2.05, 4.69) is 52.2 Å². The first-order valence-electron chi connectivity index (χ1n) is 7.72. The largest absolute Gasteiger partial charge is 0.343 e. The summed E-state index contributed by atoms with van der Waals surface area (Å²) in [5, 5.41) is 6.42. The summed E-state index contributed by atoms with van der Waals surface area (Å²) in [4.78, 5) is 0. The van der Waals surface area contributed by atoms with Gasteiger partial charge in [-0.3, -0.25) is 0 Å². The number of hydrogen-bond acceptors (Lipinski definition) is 2. The second-order valence-electron chi connectivity index (χ2n) is 5.07. The summed E-state index contributed by atoms with van der Waals surface area (Å²) >= 11 is 0. The van der Waals surface area contributed by atoms with Crippen LogP contribution in [-0.2, 0) is 65.4 Å². The zero-order valence-electron chi connectivity index (χ0n) is 14.4. The fourth-order valence-corrected chi connectivity index (χ4v) is 1.47. The molecule has 0 bridgehead atoms. The Hall–Kier alpha value is 2.13. The van der Waals surface area contributed by atoms with Crippen LogP contribution in [-0.4, -0.2) is 25.7 Å². The van der Waals surface area contributed by atoms with Crippen LogP contribution in [0.4, 0.5) is 0 Å². The molecule has 20 heavy (non-hydrogen) atoms. The van der Waals surface area contributed by atoms with E-state index in [0.717, 1.165) is 6.54 Å². The zero-order valence-corrected chi connectivity index (χ0v) is 20.1. The first kappa shape index (κ1) is 30.1. The van der Waals surface area contributed by atoms with Gasteiger partial charge in [-0.15, -0.1) is 6.04 Å². The van der Waals surface area contributed by atoms with Crippen LogP contribution in [0.15, 0.2) is 0 Å². The van der Waals surface area contributed by atoms with E-state index in [1.807, 2.05) is 0 Å². The number of rotatable bonds is 0. The van der Waals surface area contributed by atoms with Crippen LogP contribution in [0.5, 0.6) is 0 Å². The molecule has 2 nitrogen and oxygen atoms in total. The van der Waals surface area contributed by atoms with Crippen LogP contribution < -0.4 is 10.6 Å². The topological polar surface area (TPSA) is 24.1 Å². The van der Waals surface area contributed by atoms with Crippen molar-refractivity contribution in [2.45, 2.75) is 65.8 Å². The molecule has 2 rings (SSSR count). The van der Waals surface area contributed by atoms with Crippen LogP contribution in [0.2, 0.25) is 0 Å². The van der Waals surface area contributed by atoms with Crippen LogP contribution in [0.25, 0.3) is 0 Å². The Bertz CT molecular complexity index is 118. The van der Waals surface area contributed by atoms with Crippen molar-refractivity contribution in [3.05, 3.63) is 13.8 Å². The van der Waals surface area contributed by atoms with Crippen molar-refractivity contribution >= 4 is 0 Å². The second-order valence-corrected chi connectivity index (χ2v) is 5.07. The van der Waals surface area contributed by atoms with E-state index in [4.69, 9.17) is 0 Å². The van der Waals surface area contributed by atoms with Crippen molar-refractivity contribution in [2.75, 3.05) is 19.6 Å². The molecule has 2 radical (unpaired) electrons. The molecule has 2 fully saturated rings. The molecule has 0 aromatic carbocycles. The molecular formula is C16H36N2Y2-2. The first-order valence-corrected chi connectivity index (χ1v) is 7.72. The standard InChI is InChI=1S/2C5H10N.2C3H8.2Y/c1-5-2-3-6-4-5;1-5-3-2-4-6-5;2*1-3-2;;/h2*5-6H,1-4H2;2*3H2,1-2H3;;/q2*-1;;;;. The fraction of sp³-hybridized carbons (Fsp3) is 0.875. The summed E-state index contributed by atoms with van der Waals surface area (Å²) < 4.78 is 0. The van der Waals surface area contributed by atoms with Gasteiger partial charge >= 0.3 is 0 Å². The summed E-state index contributed by atoms with van der Waals surface area (Å²) in [7, 11) is 0. The second kappa shape index (κ2) is 26.0. The van der Waals surface area contributed by atoms with Gasteiger partial charge in [-0.05, 0) is 26.1 Å². The zero-order chi connectivity index (χ0) is 14.2. The molecule has 0 amide bonds. The van der Waals surface area contributed by atoms with E-state index < -0.39 is 0 Å². The van der Waals surface area contributed by atoms with Crippen LogP contribution in [0.1, 0.15) is 59.8 Å². The summed E-state index contributed by atoms with van der Waals surface area (Å²) in [5.41, 5.74) is 0. The van der Waals surface area contributed by atoms with E-state index in [1.165, 1.54) is 45.2 Å². The van der Waals surface area contributed by atoms with Gasteiger partial charge in [-0.1, -0.05) is 53.4 Å². The smallest absolute Gasteiger partial charge is 0 e. The summed E-state index contributed by atoms with van der Waals surface area (Å²) in [6.45, 7) is 19.7. The van der Waals surface area contributed by atoms with Crippen LogP contribution >= 0.6 is 0 Å². The third kappa shape index (κ3) is 28.3. The van der Waals surface area contributed by atoms with Gasteiger partial charge < -0.3 is 24.5 Å². The molecule has 2 aliphatic rings. The Morgan fingerprint density at radius 2 is 1.40 bits per heavy atom. The molecule has 0 saturated carbocycles. The normalized spacial score (nSPS) is 22.5. The van der Waals surface area contributed by atoms with Crippen LogP contribution in [0.3, 0.4) is 0 Å². The Morgan fingerprint density at radius 3 is 1.50 bits per heavy atom. The molecule has 0 spiro atoms. The minimum Gasteiger partial charge on any atom is -0.343 e. The Balaban J connectivity index is -0.0000000874. The molecule has 0 aromatic rings. The van der Waals surface area contributed by atoms with Gasteiger partial charge in [0.2, 0.25) is 0 Å². The third-order valence-electron chi connectivity index (χ3n) is 2.32. The Kier molecular flexibility index (Phi) is 39.1. The molecule has 2 unspecified atom stereocenters. The molecule has 2 atom stereocenters. The fourth-order valence-electron chi connectivity index (χ4n) is 1.47. The quantitative estimate of drug-likeness (QED) is 0.567. The molecule has 2 N–H and O–H groups in total. The Morgan fingerprint density at radius 1 is 0.900 bits per heavy atom. The van der Waals surface area contributed by atoms with Gasteiger partial charge in [0.25, 0.3) is 0 Å². The van der Waals surface area contributed by atoms with Gasteiger partial charge in [-0.25, -0.2) is 0 Å². The van der Waals surface area contributed by atoms with Crippen molar-refractivity contribution in [3.8, 4) is 0 Å². The van der Waals surface area contributed by atoms with E-state index >= 15 is 0 Å². The molecule has 4 heteroatoms. The van der Waals surface area contributed by atoms with E-state index in [-0.39, 0.29) is 65.4 Å². The molecule has 2 aliphatic heterocycles. The third-order valence-corrected chi connectivity index (χ3v) is 2.32. The molecule has 118 valence electrons. The first-order chi connectivity index (χ1) is 8.62. The minimum atomic E-state index is 0. The van der Waals surface area contributed by atoms with Gasteiger partial charge in [-0.2, -0.15) is 5.92 Å². The van der Waals surface area contributed by atoms with Gasteiger partial charge in [0, 0.05) is 65.4 Å². The van der Waals surface area contributed by atoms with E-state index in [9.17, 15) is 0 Å². The average Bonchev–Trinajstić information content (AvgIpc) is 2.95. The SMILES string of the molecule is CCC.CCC.[CH2-]C1CCCN1.[CH2-]C1CCNC1.[Y].[Y]. The van der Waals surface area contributed by atoms with Crippen molar-refractivity contribution in [1.29, 1.82) is 0 Å². The maximum absolute atomic E-state index is 3.88. The predicted molar refractivity (Wildman–Crippen MR) is 84.6 cm³/mol. The summed E-state index contributed by atoms with van der Waals surface area (Å²) in [6, 6.07) is 0.546. The van der Waals surface area contributed by atoms with Gasteiger partial charge in [0.15, 0.2) is 0 Å². The van der Waals surface area contributed by atoms with Crippen molar-refractivity contribution in [2.24, 2.45) is 5.92 Å². The van der Waals surface area contributed by atoms with Crippen molar-refractivity contribution in [3.63, 3.8) is 0 Å². The van der Waals surface area contributed by atoms with Crippen LogP contribution in [0, 0.1) is 19.8 Å². The molecule has 2 heterocycles. The average molecular weight is 434 g/mol. The molecular weight excluding hydrogens is 398 g/mol. The van der Waals surface area contributed by atoms with E-state index in [0.29, 0.717) is 12.0 Å². The summed E-state index contributed by atoms with van der Waals surface area (Å²) in [5.74, 6) is 0.685. The number of nitrogens with one attached hydrogen (secondary N) is 2. The maximum Gasteiger partial charge on any atom is 0 e. The minimum absolute atomic E-state index is 0. The van der Waals surface area contributed by atoms with Gasteiger partial charge in [0.05, 0.1) is 0 Å². The monoisotopic (exact) mass is 434 g/mol. The summed E-state index contributed by atoms with van der Waals surface area (Å²) in [6.07, 6.45) is 6.34. The number of hydrogen-bond donors (Lipinski definition) is 2.